The van der Waals surface area contributed by atoms with Gasteiger partial charge in [-0.1, -0.05) is 35.0 Å². The molecule has 192 valence electrons. The van der Waals surface area contributed by atoms with Gasteiger partial charge in [0.25, 0.3) is 0 Å². The molecule has 1 aromatic heterocycles. The second-order valence-electron chi connectivity index (χ2n) is 9.17. The minimum atomic E-state index is -0.960. The van der Waals surface area contributed by atoms with Crippen molar-refractivity contribution >= 4 is 35.1 Å². The third-order valence-corrected chi connectivity index (χ3v) is 5.28. The molecular weight excluding hydrogens is 472 g/mol. The van der Waals surface area contributed by atoms with Crippen LogP contribution in [0.25, 0.3) is 0 Å². The molecule has 3 amide bonds. The summed E-state index contributed by atoms with van der Waals surface area (Å²) in [5, 5.41) is 9.67. The molecule has 2 rings (SSSR count). The molecule has 0 saturated heterocycles. The lowest BCUT2D eigenvalue weighted by Crippen LogP contribution is -2.49. The number of halogens is 1. The van der Waals surface area contributed by atoms with Gasteiger partial charge >= 0.3 is 0 Å². The topological polar surface area (TPSA) is 114 Å². The quantitative estimate of drug-likeness (QED) is 0.416. The third kappa shape index (κ3) is 9.33. The number of ether oxygens (including phenoxy) is 1. The van der Waals surface area contributed by atoms with Crippen LogP contribution in [-0.4, -0.2) is 53.1 Å². The normalized spacial score (nSPS) is 12.2. The van der Waals surface area contributed by atoms with Gasteiger partial charge in [-0.3, -0.25) is 14.4 Å². The molecule has 0 unspecified atom stereocenters. The van der Waals surface area contributed by atoms with Crippen molar-refractivity contribution in [1.82, 2.24) is 15.4 Å². The summed E-state index contributed by atoms with van der Waals surface area (Å²) in [7, 11) is 0. The molecule has 2 aromatic rings. The number of benzene rings is 1. The maximum absolute atomic E-state index is 13.4. The van der Waals surface area contributed by atoms with Crippen molar-refractivity contribution in [3.05, 3.63) is 46.7 Å². The number of nitrogens with one attached hydrogen (secondary N) is 2. The molecule has 0 spiro atoms. The largest absolute Gasteiger partial charge is 0.382 e. The van der Waals surface area contributed by atoms with Gasteiger partial charge < -0.3 is 24.8 Å². The Labute approximate surface area is 211 Å². The Hall–Kier alpha value is -2.91. The van der Waals surface area contributed by atoms with Crippen LogP contribution in [-0.2, 0) is 19.1 Å². The zero-order valence-electron chi connectivity index (χ0n) is 21.0. The summed E-state index contributed by atoms with van der Waals surface area (Å²) >= 11 is 6.46. The van der Waals surface area contributed by atoms with Crippen LogP contribution in [0.4, 0.5) is 5.82 Å². The first-order chi connectivity index (χ1) is 16.5. The van der Waals surface area contributed by atoms with Crippen LogP contribution in [0.1, 0.15) is 64.3 Å². The molecule has 0 aliphatic carbocycles. The SMILES string of the molecule is CCOCCCN(C(=O)CCC(=O)Nc1cc(C)on1)[C@H](C(=O)NC(C)(C)C)c1ccccc1Cl. The first-order valence-electron chi connectivity index (χ1n) is 11.7. The number of carbonyl (C=O) groups excluding carboxylic acids is 3. The van der Waals surface area contributed by atoms with Crippen LogP contribution >= 0.6 is 11.6 Å². The second-order valence-corrected chi connectivity index (χ2v) is 9.58. The van der Waals surface area contributed by atoms with Crippen LogP contribution in [0.2, 0.25) is 5.02 Å². The Morgan fingerprint density at radius 2 is 1.91 bits per heavy atom. The highest BCUT2D eigenvalue weighted by Crippen LogP contribution is 2.29. The maximum atomic E-state index is 13.4. The van der Waals surface area contributed by atoms with Crippen LogP contribution < -0.4 is 10.6 Å². The van der Waals surface area contributed by atoms with Gasteiger partial charge in [-0.25, -0.2) is 0 Å². The van der Waals surface area contributed by atoms with E-state index < -0.39 is 11.6 Å². The standard InChI is InChI=1S/C25H35ClN4O5/c1-6-34-15-9-14-30(22(32)13-12-21(31)27-20-16-17(2)35-29-20)23(24(33)28-25(3,4)5)18-10-7-8-11-19(18)26/h7-8,10-11,16,23H,6,9,12-15H2,1-5H3,(H,28,33)(H,27,29,31)/t23-/m0/s1. The van der Waals surface area contributed by atoms with E-state index >= 15 is 0 Å². The molecular formula is C25H35ClN4O5. The second kappa shape index (κ2) is 13.3. The summed E-state index contributed by atoms with van der Waals surface area (Å²) in [6, 6.07) is 7.58. The Bertz CT molecular complexity index is 1000. The number of nitrogens with zero attached hydrogens (tertiary/aromatic N) is 2. The van der Waals surface area contributed by atoms with E-state index in [9.17, 15) is 14.4 Å². The monoisotopic (exact) mass is 506 g/mol. The fourth-order valence-electron chi connectivity index (χ4n) is 3.46. The Morgan fingerprint density at radius 1 is 1.20 bits per heavy atom. The van der Waals surface area contributed by atoms with Crippen molar-refractivity contribution in [2.24, 2.45) is 0 Å². The van der Waals surface area contributed by atoms with E-state index in [2.05, 4.69) is 15.8 Å². The molecule has 35 heavy (non-hydrogen) atoms. The van der Waals surface area contributed by atoms with Crippen molar-refractivity contribution in [1.29, 1.82) is 0 Å². The maximum Gasteiger partial charge on any atom is 0.247 e. The van der Waals surface area contributed by atoms with E-state index in [0.717, 1.165) is 0 Å². The summed E-state index contributed by atoms with van der Waals surface area (Å²) in [5.74, 6) is -0.231. The van der Waals surface area contributed by atoms with E-state index in [-0.39, 0.29) is 42.9 Å². The number of hydrogen-bond donors (Lipinski definition) is 2. The van der Waals surface area contributed by atoms with Gasteiger partial charge in [-0.15, -0.1) is 0 Å². The highest BCUT2D eigenvalue weighted by molar-refractivity contribution is 6.31. The molecule has 1 heterocycles. The average Bonchev–Trinajstić information content (AvgIpc) is 3.18. The molecule has 0 radical (unpaired) electrons. The third-order valence-electron chi connectivity index (χ3n) is 4.93. The first kappa shape index (κ1) is 28.3. The summed E-state index contributed by atoms with van der Waals surface area (Å²) in [6.45, 7) is 10.4. The summed E-state index contributed by atoms with van der Waals surface area (Å²) in [4.78, 5) is 40.7. The summed E-state index contributed by atoms with van der Waals surface area (Å²) in [5.41, 5.74) is -0.00473. The number of rotatable bonds is 12. The molecule has 0 saturated carbocycles. The average molecular weight is 507 g/mol. The molecule has 0 bridgehead atoms. The van der Waals surface area contributed by atoms with Crippen molar-refractivity contribution in [3.8, 4) is 0 Å². The molecule has 1 atom stereocenters. The number of carbonyl (C=O) groups is 3. The van der Waals surface area contributed by atoms with Crippen LogP contribution in [0.15, 0.2) is 34.9 Å². The predicted octanol–water partition coefficient (Wildman–Crippen LogP) is 4.27. The zero-order chi connectivity index (χ0) is 26.0. The highest BCUT2D eigenvalue weighted by atomic mass is 35.5. The predicted molar refractivity (Wildman–Crippen MR) is 134 cm³/mol. The lowest BCUT2D eigenvalue weighted by molar-refractivity contribution is -0.142. The number of amides is 3. The lowest BCUT2D eigenvalue weighted by Gasteiger charge is -2.34. The summed E-state index contributed by atoms with van der Waals surface area (Å²) < 4.78 is 10.4. The van der Waals surface area contributed by atoms with E-state index in [1.54, 1.807) is 37.3 Å². The Kier molecular flexibility index (Phi) is 10.7. The fraction of sp³-hybridized carbons (Fsp3) is 0.520. The first-order valence-corrected chi connectivity index (χ1v) is 12.1. The molecule has 10 heteroatoms. The smallest absolute Gasteiger partial charge is 0.247 e. The van der Waals surface area contributed by atoms with E-state index in [0.29, 0.717) is 36.0 Å². The number of aromatic nitrogens is 1. The van der Waals surface area contributed by atoms with Crippen molar-refractivity contribution in [2.75, 3.05) is 25.1 Å². The van der Waals surface area contributed by atoms with Crippen LogP contribution in [0, 0.1) is 6.92 Å². The molecule has 1 aromatic carbocycles. The van der Waals surface area contributed by atoms with Crippen LogP contribution in [0.3, 0.4) is 0 Å². The minimum absolute atomic E-state index is 0.0805. The summed E-state index contributed by atoms with van der Waals surface area (Å²) in [6.07, 6.45) is 0.345. The number of aryl methyl sites for hydroxylation is 1. The molecule has 0 aliphatic heterocycles. The van der Waals surface area contributed by atoms with E-state index in [4.69, 9.17) is 20.9 Å². The van der Waals surface area contributed by atoms with Gasteiger partial charge in [-0.05, 0) is 47.1 Å². The van der Waals surface area contributed by atoms with Crippen molar-refractivity contribution in [2.45, 2.75) is 65.5 Å². The van der Waals surface area contributed by atoms with Gasteiger partial charge in [0.1, 0.15) is 11.8 Å². The molecule has 9 nitrogen and oxygen atoms in total. The van der Waals surface area contributed by atoms with Gasteiger partial charge in [0.2, 0.25) is 17.7 Å². The molecule has 2 N–H and O–H groups in total. The molecule has 0 fully saturated rings. The van der Waals surface area contributed by atoms with Crippen molar-refractivity contribution < 1.29 is 23.6 Å². The van der Waals surface area contributed by atoms with Gasteiger partial charge in [0, 0.05) is 54.8 Å². The van der Waals surface area contributed by atoms with E-state index in [1.165, 1.54) is 4.90 Å². The Morgan fingerprint density at radius 3 is 2.51 bits per heavy atom. The van der Waals surface area contributed by atoms with E-state index in [1.807, 2.05) is 27.7 Å². The Balaban J connectivity index is 2.26. The zero-order valence-corrected chi connectivity index (χ0v) is 21.8. The lowest BCUT2D eigenvalue weighted by atomic mass is 10.0. The van der Waals surface area contributed by atoms with Gasteiger partial charge in [0.15, 0.2) is 5.82 Å². The van der Waals surface area contributed by atoms with Gasteiger partial charge in [-0.2, -0.15) is 0 Å². The van der Waals surface area contributed by atoms with Gasteiger partial charge in [0.05, 0.1) is 0 Å². The minimum Gasteiger partial charge on any atom is -0.382 e. The molecule has 0 aliphatic rings. The number of hydrogen-bond acceptors (Lipinski definition) is 6. The highest BCUT2D eigenvalue weighted by Gasteiger charge is 2.34. The van der Waals surface area contributed by atoms with Crippen LogP contribution in [0.5, 0.6) is 0 Å². The fourth-order valence-corrected chi connectivity index (χ4v) is 3.70. The number of anilines is 1. The van der Waals surface area contributed by atoms with Crippen molar-refractivity contribution in [3.63, 3.8) is 0 Å².